The summed E-state index contributed by atoms with van der Waals surface area (Å²) in [5.41, 5.74) is 0. The number of rotatable bonds is 27. The first kappa shape index (κ1) is 85.0. The van der Waals surface area contributed by atoms with Gasteiger partial charge in [0.2, 0.25) is 17.7 Å². The Morgan fingerprint density at radius 1 is 0.398 bits per heavy atom. The molecule has 46 nitrogen and oxygen atoms in total. The Morgan fingerprint density at radius 2 is 0.767 bits per heavy atom. The Morgan fingerprint density at radius 3 is 1.24 bits per heavy atom. The summed E-state index contributed by atoms with van der Waals surface area (Å²) >= 11 is 0. The molecule has 0 aromatic rings. The molecule has 8 saturated heterocycles. The minimum atomic E-state index is -3.45. The molecule has 0 saturated carbocycles. The van der Waals surface area contributed by atoms with Crippen molar-refractivity contribution in [2.45, 2.75) is 285 Å². The highest BCUT2D eigenvalue weighted by Crippen LogP contribution is 2.42. The van der Waals surface area contributed by atoms with Gasteiger partial charge < -0.3 is 210 Å². The van der Waals surface area contributed by atoms with E-state index < -0.39 is 327 Å². The second-order valence-electron chi connectivity index (χ2n) is 26.0. The molecular formula is C57H95N3O43. The fourth-order valence-electron chi connectivity index (χ4n) is 13.4. The zero-order valence-corrected chi connectivity index (χ0v) is 55.2. The highest BCUT2D eigenvalue weighted by Gasteiger charge is 2.63. The summed E-state index contributed by atoms with van der Waals surface area (Å²) in [7, 11) is 0. The number of carboxylic acid groups (broad SMARTS) is 1. The zero-order valence-electron chi connectivity index (χ0n) is 55.2. The van der Waals surface area contributed by atoms with Crippen molar-refractivity contribution in [3.63, 3.8) is 0 Å². The van der Waals surface area contributed by atoms with Crippen LogP contribution in [0.25, 0.3) is 0 Å². The largest absolute Gasteiger partial charge is 0.477 e. The van der Waals surface area contributed by atoms with Gasteiger partial charge in [0.25, 0.3) is 5.79 Å². The third kappa shape index (κ3) is 18.3. The van der Waals surface area contributed by atoms with Crippen molar-refractivity contribution in [1.29, 1.82) is 0 Å². The average Bonchev–Trinajstić information content (AvgIpc) is 0.753. The van der Waals surface area contributed by atoms with Gasteiger partial charge in [-0.1, -0.05) is 0 Å². The first-order chi connectivity index (χ1) is 48.5. The van der Waals surface area contributed by atoms with Crippen LogP contribution < -0.4 is 16.0 Å². The van der Waals surface area contributed by atoms with E-state index in [2.05, 4.69) is 16.0 Å². The molecular weight excluding hydrogens is 1410 g/mol. The van der Waals surface area contributed by atoms with Crippen LogP contribution in [0.2, 0.25) is 0 Å². The first-order valence-corrected chi connectivity index (χ1v) is 32.6. The van der Waals surface area contributed by atoms with E-state index in [1.807, 2.05) is 0 Å². The summed E-state index contributed by atoms with van der Waals surface area (Å²) in [6, 6.07) is -5.81. The fourth-order valence-corrected chi connectivity index (χ4v) is 13.4. The first-order valence-electron chi connectivity index (χ1n) is 32.6. The van der Waals surface area contributed by atoms with Crippen molar-refractivity contribution in [3.8, 4) is 0 Å². The smallest absolute Gasteiger partial charge is 0.364 e. The van der Waals surface area contributed by atoms with Gasteiger partial charge in [0.1, 0.15) is 183 Å². The molecule has 103 heavy (non-hydrogen) atoms. The maximum absolute atomic E-state index is 13.7. The lowest BCUT2D eigenvalue weighted by Crippen LogP contribution is -2.72. The lowest BCUT2D eigenvalue weighted by Gasteiger charge is -2.53. The number of nitrogens with one attached hydrogen (secondary N) is 3. The Labute approximate surface area is 582 Å². The van der Waals surface area contributed by atoms with Crippen LogP contribution in [0.3, 0.4) is 0 Å². The summed E-state index contributed by atoms with van der Waals surface area (Å²) in [5, 5.41) is 270. The molecule has 8 rings (SSSR count). The highest BCUT2D eigenvalue weighted by molar-refractivity contribution is 5.77. The Bertz CT molecular complexity index is 2720. The summed E-state index contributed by atoms with van der Waals surface area (Å²) < 4.78 is 87.9. The van der Waals surface area contributed by atoms with E-state index >= 15 is 0 Å². The van der Waals surface area contributed by atoms with Gasteiger partial charge in [0, 0.05) is 27.2 Å². The van der Waals surface area contributed by atoms with E-state index in [1.54, 1.807) is 0 Å². The zero-order chi connectivity index (χ0) is 76.3. The minimum absolute atomic E-state index is 0.863. The van der Waals surface area contributed by atoms with Gasteiger partial charge in [-0.15, -0.1) is 0 Å². The SMILES string of the molecule is CC(=O)N[C@H]1[C@H](O[C@@H]2[C@H](O[C@]3(C(=O)O)C[C@H](O)[C@@H](NC(C)=O)[C@H]([C@H](O)[C@H](O)CO)O3)[C@@H](O)[C@H](O[C@H]3[C@H](O)[C@@H](O)[C@H](O)O[C@@H]3CO)O[C@@H]2CO)O[C@H](CO)[C@H](O)[C@@H]1O[C@@H]1O[C@H](CO)[C@H](O)[C@H](O[C@@H]2O[C@H](CO)[C@@H](O)[C@H](O[C@@H]3O[C@@H](C)[C@@H](O[C@@H]4O[C@H](CO)[C@H](O)[C@H](O)[C@H]4O)[C@@H](O)[C@@H]3O)[C@H]2NC(C)=O)[C@H]1O. The quantitative estimate of drug-likeness (QED) is 0.0363. The summed E-state index contributed by atoms with van der Waals surface area (Å²) in [6.45, 7) is -4.03. The Hall–Kier alpha value is -3.64. The van der Waals surface area contributed by atoms with E-state index in [1.165, 1.54) is 6.92 Å². The molecule has 596 valence electrons. The number of hydrogen-bond donors (Lipinski definition) is 27. The van der Waals surface area contributed by atoms with Crippen LogP contribution in [0.5, 0.6) is 0 Å². The molecule has 46 heteroatoms. The highest BCUT2D eigenvalue weighted by atomic mass is 16.8. The normalized spacial score (nSPS) is 48.3. The second kappa shape index (κ2) is 36.3. The molecule has 41 atom stereocenters. The standard InChI is InChI=1S/C57H95N3O43/c1-13-41(96-53-37(82)33(78)29(74)19(7-62)93-53)35(80)38(83)52(89-13)99-44-27(60-16(4)70)51(92-21(9-64)30(44)75)101-47-32(77)22(10-65)94-54(39(47)84)100-45-26(59-15(3)69)50(91-20(8-63)31(45)76)98-43-24(12-67)95-55(97-42-23(11-66)90-49(86)36(81)34(42)79)40(85)48(43)103-57(56(87)88)5-17(71)25(58-14(2)68)46(102-57)28(73)18(72)6-61/h13,17-55,61-67,71-86H,5-12H2,1-4H3,(H,58,68)(H,59,69)(H,60,70)(H,87,88)/t13-,17-,18+,19+,20+,21+,22+,23+,24+,25+,26+,27+,28+,29-,30+,31-,32-,33-,34+,35-,36+,37+,38-,39+,40+,41+,42+,43-,44+,45+,46+,47-,48+,49+,50-,51-,52-,53-,54-,55-,57-/m0/s1. The fraction of sp³-hybridized carbons (Fsp3) is 0.930. The number of carboxylic acids is 1. The predicted octanol–water partition coefficient (Wildman–Crippen LogP) is -17.8. The van der Waals surface area contributed by atoms with Gasteiger partial charge in [0.05, 0.1) is 64.5 Å². The van der Waals surface area contributed by atoms with Crippen LogP contribution in [0.15, 0.2) is 0 Å². The molecule has 8 fully saturated rings. The van der Waals surface area contributed by atoms with E-state index in [0.717, 1.165) is 20.8 Å². The van der Waals surface area contributed by atoms with E-state index in [0.29, 0.717) is 0 Å². The molecule has 0 aromatic carbocycles. The van der Waals surface area contributed by atoms with Crippen LogP contribution >= 0.6 is 0 Å². The Balaban J connectivity index is 1.10. The van der Waals surface area contributed by atoms with Crippen molar-refractivity contribution in [2.75, 3.05) is 46.2 Å². The van der Waals surface area contributed by atoms with Crippen molar-refractivity contribution in [2.24, 2.45) is 0 Å². The molecule has 8 heterocycles. The molecule has 0 aliphatic carbocycles. The molecule has 8 aliphatic rings. The van der Waals surface area contributed by atoms with Crippen molar-refractivity contribution in [1.82, 2.24) is 16.0 Å². The van der Waals surface area contributed by atoms with Crippen LogP contribution in [-0.2, 0) is 90.2 Å². The lowest BCUT2D eigenvalue weighted by atomic mass is 9.88. The number of aliphatic hydroxyl groups excluding tert-OH is 23. The van der Waals surface area contributed by atoms with Gasteiger partial charge in [-0.05, 0) is 6.92 Å². The second-order valence-corrected chi connectivity index (χ2v) is 26.0. The molecule has 27 N–H and O–H groups in total. The van der Waals surface area contributed by atoms with Crippen molar-refractivity contribution in [3.05, 3.63) is 0 Å². The molecule has 8 aliphatic heterocycles. The average molecular weight is 1510 g/mol. The van der Waals surface area contributed by atoms with Gasteiger partial charge in [0.15, 0.2) is 44.0 Å². The van der Waals surface area contributed by atoms with E-state index in [9.17, 15) is 142 Å². The number of amides is 3. The number of hydrogen-bond acceptors (Lipinski definition) is 42. The van der Waals surface area contributed by atoms with Gasteiger partial charge in [-0.25, -0.2) is 4.79 Å². The van der Waals surface area contributed by atoms with Crippen LogP contribution in [0.4, 0.5) is 0 Å². The van der Waals surface area contributed by atoms with Crippen LogP contribution in [0.1, 0.15) is 34.1 Å². The monoisotopic (exact) mass is 1510 g/mol. The summed E-state index contributed by atoms with van der Waals surface area (Å²) in [6.07, 6.45) is -79.0. The summed E-state index contributed by atoms with van der Waals surface area (Å²) in [5.74, 6) is -8.58. The molecule has 0 bridgehead atoms. The van der Waals surface area contributed by atoms with Crippen LogP contribution in [0, 0.1) is 0 Å². The predicted molar refractivity (Wildman–Crippen MR) is 315 cm³/mol. The molecule has 0 spiro atoms. The molecule has 3 amide bonds. The molecule has 0 unspecified atom stereocenters. The third-order valence-corrected chi connectivity index (χ3v) is 18.8. The number of carbonyl (C=O) groups excluding carboxylic acids is 3. The minimum Gasteiger partial charge on any atom is -0.477 e. The molecule has 0 aromatic heterocycles. The van der Waals surface area contributed by atoms with E-state index in [4.69, 9.17) is 71.1 Å². The maximum Gasteiger partial charge on any atom is 0.364 e. The molecule has 0 radical (unpaired) electrons. The van der Waals surface area contributed by atoms with Gasteiger partial charge >= 0.3 is 5.97 Å². The van der Waals surface area contributed by atoms with Gasteiger partial charge in [-0.3, -0.25) is 14.4 Å². The van der Waals surface area contributed by atoms with Crippen molar-refractivity contribution >= 4 is 23.7 Å². The van der Waals surface area contributed by atoms with Gasteiger partial charge in [-0.2, -0.15) is 0 Å². The van der Waals surface area contributed by atoms with Crippen LogP contribution in [-0.4, -0.2) is 444 Å². The number of aliphatic carboxylic acids is 1. The topological polar surface area (TPSA) is 728 Å². The van der Waals surface area contributed by atoms with Crippen molar-refractivity contribution < 1.29 is 213 Å². The number of aliphatic hydroxyl groups is 23. The lowest BCUT2D eigenvalue weighted by molar-refractivity contribution is -0.403. The Kier molecular flexibility index (Phi) is 29.9. The number of carbonyl (C=O) groups is 4. The van der Waals surface area contributed by atoms with E-state index in [-0.39, 0.29) is 0 Å². The maximum atomic E-state index is 13.7. The summed E-state index contributed by atoms with van der Waals surface area (Å²) in [4.78, 5) is 52.5. The third-order valence-electron chi connectivity index (χ3n) is 18.8. The number of ether oxygens (including phenoxy) is 15.